The van der Waals surface area contributed by atoms with Crippen LogP contribution in [0, 0.1) is 0 Å². The van der Waals surface area contributed by atoms with Gasteiger partial charge < -0.3 is 4.57 Å². The van der Waals surface area contributed by atoms with Crippen LogP contribution in [0.3, 0.4) is 0 Å². The Balaban J connectivity index is 0.000000120. The quantitative estimate of drug-likeness (QED) is 0.577. The fourth-order valence-electron chi connectivity index (χ4n) is 0.733. The normalized spacial score (nSPS) is 8.42. The summed E-state index contributed by atoms with van der Waals surface area (Å²) in [6.07, 6.45) is 7.50. The van der Waals surface area contributed by atoms with E-state index < -0.39 is 0 Å². The van der Waals surface area contributed by atoms with Gasteiger partial charge in [0.2, 0.25) is 0 Å². The molecule has 2 aromatic rings. The maximum Gasteiger partial charge on any atom is 0.0267 e. The maximum absolute atomic E-state index is 3.78. The molecule has 0 aliphatic carbocycles. The lowest BCUT2D eigenvalue weighted by Crippen LogP contribution is -1.75. The van der Waals surface area contributed by atoms with E-state index in [4.69, 9.17) is 0 Å². The zero-order chi connectivity index (χ0) is 8.65. The van der Waals surface area contributed by atoms with Crippen LogP contribution >= 0.6 is 0 Å². The molecule has 0 atom stereocenters. The van der Waals surface area contributed by atoms with Crippen LogP contribution in [0.2, 0.25) is 0 Å². The molecule has 0 fully saturated rings. The van der Waals surface area contributed by atoms with Gasteiger partial charge in [-0.15, -0.1) is 0 Å². The molecule has 0 saturated carbocycles. The van der Waals surface area contributed by atoms with Crippen molar-refractivity contribution in [1.29, 1.82) is 0 Å². The summed E-state index contributed by atoms with van der Waals surface area (Å²) < 4.78 is 2.00. The predicted molar refractivity (Wildman–Crippen MR) is 49.7 cm³/mol. The van der Waals surface area contributed by atoms with Gasteiger partial charge in [-0.05, 0) is 24.3 Å². The Hall–Kier alpha value is -1.57. The topological polar surface area (TPSA) is 17.8 Å². The van der Waals surface area contributed by atoms with Crippen LogP contribution in [-0.2, 0) is 7.05 Å². The third-order valence-electron chi connectivity index (χ3n) is 1.32. The van der Waals surface area contributed by atoms with Crippen LogP contribution in [0.15, 0.2) is 55.1 Å². The van der Waals surface area contributed by atoms with E-state index in [0.717, 1.165) is 0 Å². The number of aryl methyl sites for hydroxylation is 1. The second-order valence-corrected chi connectivity index (χ2v) is 2.37. The van der Waals surface area contributed by atoms with E-state index in [2.05, 4.69) is 4.98 Å². The monoisotopic (exact) mass is 160 g/mol. The van der Waals surface area contributed by atoms with Crippen molar-refractivity contribution in [2.24, 2.45) is 7.05 Å². The SMILES string of the molecule is Cn1cccc1.c1ccncc1. The molecule has 0 bridgehead atoms. The van der Waals surface area contributed by atoms with Crippen molar-refractivity contribution in [3.63, 3.8) is 0 Å². The second-order valence-electron chi connectivity index (χ2n) is 2.37. The Bertz CT molecular complexity index is 247. The van der Waals surface area contributed by atoms with E-state index in [1.807, 2.05) is 54.3 Å². The van der Waals surface area contributed by atoms with Crippen molar-refractivity contribution in [1.82, 2.24) is 9.55 Å². The lowest BCUT2D eigenvalue weighted by atomic mass is 10.5. The van der Waals surface area contributed by atoms with Crippen molar-refractivity contribution in [2.45, 2.75) is 0 Å². The van der Waals surface area contributed by atoms with Crippen LogP contribution in [0.4, 0.5) is 0 Å². The first kappa shape index (κ1) is 8.53. The molecule has 0 radical (unpaired) electrons. The van der Waals surface area contributed by atoms with Gasteiger partial charge in [0.25, 0.3) is 0 Å². The van der Waals surface area contributed by atoms with Gasteiger partial charge in [0.05, 0.1) is 0 Å². The van der Waals surface area contributed by atoms with Crippen molar-refractivity contribution in [2.75, 3.05) is 0 Å². The largest absolute Gasteiger partial charge is 0.357 e. The summed E-state index contributed by atoms with van der Waals surface area (Å²) in [7, 11) is 2.00. The van der Waals surface area contributed by atoms with Crippen LogP contribution in [0.5, 0.6) is 0 Å². The second kappa shape index (κ2) is 5.13. The average molecular weight is 160 g/mol. The highest BCUT2D eigenvalue weighted by molar-refractivity contribution is 4.88. The highest BCUT2D eigenvalue weighted by Crippen LogP contribution is 1.80. The zero-order valence-corrected chi connectivity index (χ0v) is 7.09. The molecular weight excluding hydrogens is 148 g/mol. The molecule has 2 rings (SSSR count). The first-order valence-corrected chi connectivity index (χ1v) is 3.81. The first-order valence-electron chi connectivity index (χ1n) is 3.81. The molecule has 0 aliphatic heterocycles. The molecule has 12 heavy (non-hydrogen) atoms. The standard InChI is InChI=1S/C5H7N.C5H5N/c1-6-4-2-3-5-6;1-2-4-6-5-3-1/h2-5H,1H3;1-5H. The molecule has 0 amide bonds. The van der Waals surface area contributed by atoms with Gasteiger partial charge in [0.1, 0.15) is 0 Å². The number of aromatic nitrogens is 2. The number of hydrogen-bond donors (Lipinski definition) is 0. The molecule has 62 valence electrons. The Morgan fingerprint density at radius 1 is 0.833 bits per heavy atom. The number of hydrogen-bond acceptors (Lipinski definition) is 1. The summed E-state index contributed by atoms with van der Waals surface area (Å²) in [4.78, 5) is 3.78. The minimum absolute atomic E-state index is 1.75. The summed E-state index contributed by atoms with van der Waals surface area (Å²) >= 11 is 0. The van der Waals surface area contributed by atoms with E-state index in [9.17, 15) is 0 Å². The van der Waals surface area contributed by atoms with Crippen molar-refractivity contribution >= 4 is 0 Å². The molecule has 2 aromatic heterocycles. The van der Waals surface area contributed by atoms with Crippen molar-refractivity contribution in [3.05, 3.63) is 55.1 Å². The number of pyridine rings is 1. The van der Waals surface area contributed by atoms with Gasteiger partial charge >= 0.3 is 0 Å². The lowest BCUT2D eigenvalue weighted by Gasteiger charge is -1.79. The number of nitrogens with zero attached hydrogens (tertiary/aromatic N) is 2. The van der Waals surface area contributed by atoms with Crippen LogP contribution in [0.25, 0.3) is 0 Å². The maximum atomic E-state index is 3.78. The first-order chi connectivity index (χ1) is 5.89. The van der Waals surface area contributed by atoms with E-state index >= 15 is 0 Å². The lowest BCUT2D eigenvalue weighted by molar-refractivity contribution is 0.928. The average Bonchev–Trinajstić information content (AvgIpc) is 2.60. The van der Waals surface area contributed by atoms with E-state index in [0.29, 0.717) is 0 Å². The Kier molecular flexibility index (Phi) is 3.64. The van der Waals surface area contributed by atoms with Crippen LogP contribution in [-0.4, -0.2) is 9.55 Å². The molecule has 0 aliphatic rings. The predicted octanol–water partition coefficient (Wildman–Crippen LogP) is 2.11. The zero-order valence-electron chi connectivity index (χ0n) is 7.09. The van der Waals surface area contributed by atoms with Crippen molar-refractivity contribution in [3.8, 4) is 0 Å². The third-order valence-corrected chi connectivity index (χ3v) is 1.32. The fraction of sp³-hybridized carbons (Fsp3) is 0.100. The van der Waals surface area contributed by atoms with Gasteiger partial charge in [-0.3, -0.25) is 4.98 Å². The van der Waals surface area contributed by atoms with Gasteiger partial charge in [-0.25, -0.2) is 0 Å². The van der Waals surface area contributed by atoms with Gasteiger partial charge in [-0.2, -0.15) is 0 Å². The molecule has 0 N–H and O–H groups in total. The summed E-state index contributed by atoms with van der Waals surface area (Å²) in [6, 6.07) is 9.72. The molecular formula is C10H12N2. The minimum Gasteiger partial charge on any atom is -0.357 e. The highest BCUT2D eigenvalue weighted by Gasteiger charge is 1.68. The molecule has 2 heteroatoms. The summed E-state index contributed by atoms with van der Waals surface area (Å²) in [6.45, 7) is 0. The summed E-state index contributed by atoms with van der Waals surface area (Å²) in [5.74, 6) is 0. The van der Waals surface area contributed by atoms with E-state index in [-0.39, 0.29) is 0 Å². The van der Waals surface area contributed by atoms with Gasteiger partial charge in [0.15, 0.2) is 0 Å². The van der Waals surface area contributed by atoms with E-state index in [1.165, 1.54) is 0 Å². The smallest absolute Gasteiger partial charge is 0.0267 e. The Morgan fingerprint density at radius 2 is 1.42 bits per heavy atom. The molecule has 2 heterocycles. The summed E-state index contributed by atoms with van der Waals surface area (Å²) in [5.41, 5.74) is 0. The Labute approximate surface area is 72.5 Å². The van der Waals surface area contributed by atoms with Gasteiger partial charge in [-0.1, -0.05) is 6.07 Å². The van der Waals surface area contributed by atoms with Crippen molar-refractivity contribution < 1.29 is 0 Å². The highest BCUT2D eigenvalue weighted by atomic mass is 14.9. The van der Waals surface area contributed by atoms with Crippen LogP contribution < -0.4 is 0 Å². The molecule has 0 saturated heterocycles. The van der Waals surface area contributed by atoms with Gasteiger partial charge in [0, 0.05) is 31.8 Å². The van der Waals surface area contributed by atoms with E-state index in [1.54, 1.807) is 12.4 Å². The molecule has 0 unspecified atom stereocenters. The number of rotatable bonds is 0. The minimum atomic E-state index is 1.75. The third kappa shape index (κ3) is 3.56. The fourth-order valence-corrected chi connectivity index (χ4v) is 0.733. The summed E-state index contributed by atoms with van der Waals surface area (Å²) in [5, 5.41) is 0. The Morgan fingerprint density at radius 3 is 1.58 bits per heavy atom. The molecule has 2 nitrogen and oxygen atoms in total. The molecule has 0 spiro atoms. The molecule has 0 aromatic carbocycles. The van der Waals surface area contributed by atoms with Crippen LogP contribution in [0.1, 0.15) is 0 Å².